The summed E-state index contributed by atoms with van der Waals surface area (Å²) < 4.78 is 5.04. The minimum atomic E-state index is 0.641. The molecule has 108 valence electrons. The average molecular weight is 257 g/mol. The first kappa shape index (κ1) is 15.9. The lowest BCUT2D eigenvalue weighted by atomic mass is 10.2. The van der Waals surface area contributed by atoms with E-state index in [1.54, 1.807) is 7.11 Å². The summed E-state index contributed by atoms with van der Waals surface area (Å²) in [7, 11) is 1.76. The molecule has 18 heavy (non-hydrogen) atoms. The SMILES string of the molecule is COCCCNCC(C)N1CCN(C(C)C)CC1. The summed E-state index contributed by atoms with van der Waals surface area (Å²) in [6.45, 7) is 14.8. The van der Waals surface area contributed by atoms with Crippen LogP contribution in [0.4, 0.5) is 0 Å². The minimum absolute atomic E-state index is 0.641. The van der Waals surface area contributed by atoms with Crippen LogP contribution in [0.15, 0.2) is 0 Å². The van der Waals surface area contributed by atoms with Crippen molar-refractivity contribution >= 4 is 0 Å². The monoisotopic (exact) mass is 257 g/mol. The van der Waals surface area contributed by atoms with Gasteiger partial charge in [-0.05, 0) is 33.7 Å². The van der Waals surface area contributed by atoms with E-state index in [9.17, 15) is 0 Å². The van der Waals surface area contributed by atoms with Crippen molar-refractivity contribution in [1.29, 1.82) is 0 Å². The molecule has 1 aliphatic rings. The first-order valence-corrected chi connectivity index (χ1v) is 7.33. The van der Waals surface area contributed by atoms with E-state index in [0.717, 1.165) is 26.1 Å². The molecule has 1 rings (SSSR count). The van der Waals surface area contributed by atoms with Crippen LogP contribution in [0.1, 0.15) is 27.2 Å². The van der Waals surface area contributed by atoms with Crippen molar-refractivity contribution in [2.75, 3.05) is 53.0 Å². The predicted molar refractivity (Wildman–Crippen MR) is 77.1 cm³/mol. The number of rotatable bonds is 8. The fraction of sp³-hybridized carbons (Fsp3) is 1.00. The van der Waals surface area contributed by atoms with E-state index < -0.39 is 0 Å². The van der Waals surface area contributed by atoms with Gasteiger partial charge in [-0.1, -0.05) is 0 Å². The first-order chi connectivity index (χ1) is 8.65. The van der Waals surface area contributed by atoms with E-state index in [1.165, 1.54) is 26.2 Å². The number of ether oxygens (including phenoxy) is 1. The van der Waals surface area contributed by atoms with Gasteiger partial charge in [-0.2, -0.15) is 0 Å². The van der Waals surface area contributed by atoms with E-state index >= 15 is 0 Å². The van der Waals surface area contributed by atoms with E-state index in [2.05, 4.69) is 35.9 Å². The molecule has 0 saturated carbocycles. The number of methoxy groups -OCH3 is 1. The van der Waals surface area contributed by atoms with Crippen LogP contribution in [-0.4, -0.2) is 74.9 Å². The summed E-state index contributed by atoms with van der Waals surface area (Å²) in [6, 6.07) is 1.33. The molecule has 0 amide bonds. The Bertz CT molecular complexity index is 203. The van der Waals surface area contributed by atoms with Crippen molar-refractivity contribution in [2.45, 2.75) is 39.3 Å². The van der Waals surface area contributed by atoms with E-state index in [-0.39, 0.29) is 0 Å². The minimum Gasteiger partial charge on any atom is -0.385 e. The zero-order valence-corrected chi connectivity index (χ0v) is 12.6. The van der Waals surface area contributed by atoms with Gasteiger partial charge in [0.05, 0.1) is 0 Å². The van der Waals surface area contributed by atoms with Crippen LogP contribution in [0.25, 0.3) is 0 Å². The highest BCUT2D eigenvalue weighted by Gasteiger charge is 2.21. The zero-order chi connectivity index (χ0) is 13.4. The molecule has 0 bridgehead atoms. The third-order valence-corrected chi connectivity index (χ3v) is 3.84. The third kappa shape index (κ3) is 5.65. The number of nitrogens with zero attached hydrogens (tertiary/aromatic N) is 2. The van der Waals surface area contributed by atoms with Crippen LogP contribution in [0.5, 0.6) is 0 Å². The summed E-state index contributed by atoms with van der Waals surface area (Å²) in [6.07, 6.45) is 1.10. The molecule has 0 radical (unpaired) electrons. The number of hydrogen-bond acceptors (Lipinski definition) is 4. The highest BCUT2D eigenvalue weighted by atomic mass is 16.5. The summed E-state index contributed by atoms with van der Waals surface area (Å²) in [5.41, 5.74) is 0. The Hall–Kier alpha value is -0.160. The normalized spacial score (nSPS) is 20.5. The van der Waals surface area contributed by atoms with Gasteiger partial charge >= 0.3 is 0 Å². The van der Waals surface area contributed by atoms with Crippen LogP contribution in [0.3, 0.4) is 0 Å². The largest absolute Gasteiger partial charge is 0.385 e. The zero-order valence-electron chi connectivity index (χ0n) is 12.6. The van der Waals surface area contributed by atoms with Gasteiger partial charge in [-0.15, -0.1) is 0 Å². The van der Waals surface area contributed by atoms with Crippen molar-refractivity contribution in [3.8, 4) is 0 Å². The van der Waals surface area contributed by atoms with Gasteiger partial charge in [-0.25, -0.2) is 0 Å². The summed E-state index contributed by atoms with van der Waals surface area (Å²) in [4.78, 5) is 5.16. The van der Waals surface area contributed by atoms with Crippen molar-refractivity contribution in [3.63, 3.8) is 0 Å². The molecule has 1 heterocycles. The average Bonchev–Trinajstić information content (AvgIpc) is 2.38. The highest BCUT2D eigenvalue weighted by molar-refractivity contribution is 4.78. The number of piperazine rings is 1. The second kappa shape index (κ2) is 8.86. The van der Waals surface area contributed by atoms with Crippen molar-refractivity contribution in [1.82, 2.24) is 15.1 Å². The third-order valence-electron chi connectivity index (χ3n) is 3.84. The fourth-order valence-electron chi connectivity index (χ4n) is 2.48. The summed E-state index contributed by atoms with van der Waals surface area (Å²) in [5.74, 6) is 0. The van der Waals surface area contributed by atoms with Gasteiger partial charge in [0.25, 0.3) is 0 Å². The predicted octanol–water partition coefficient (Wildman–Crippen LogP) is 1.03. The van der Waals surface area contributed by atoms with Crippen LogP contribution in [-0.2, 0) is 4.74 Å². The molecule has 1 fully saturated rings. The maximum absolute atomic E-state index is 5.04. The fourth-order valence-corrected chi connectivity index (χ4v) is 2.48. The molecular weight excluding hydrogens is 226 g/mol. The second-order valence-electron chi connectivity index (χ2n) is 5.57. The first-order valence-electron chi connectivity index (χ1n) is 7.33. The summed E-state index contributed by atoms with van der Waals surface area (Å²) in [5, 5.41) is 3.52. The Morgan fingerprint density at radius 3 is 2.22 bits per heavy atom. The molecule has 4 nitrogen and oxygen atoms in total. The molecule has 1 atom stereocenters. The van der Waals surface area contributed by atoms with Crippen LogP contribution in [0.2, 0.25) is 0 Å². The molecule has 4 heteroatoms. The second-order valence-corrected chi connectivity index (χ2v) is 5.57. The molecule has 0 spiro atoms. The standard InChI is InChI=1S/C14H31N3O/c1-13(2)16-7-9-17(10-8-16)14(3)12-15-6-5-11-18-4/h13-15H,5-12H2,1-4H3. The Morgan fingerprint density at radius 1 is 1.06 bits per heavy atom. The van der Waals surface area contributed by atoms with Gasteiger partial charge in [-0.3, -0.25) is 9.80 Å². The molecule has 1 saturated heterocycles. The van der Waals surface area contributed by atoms with Crippen LogP contribution in [0, 0.1) is 0 Å². The van der Waals surface area contributed by atoms with E-state index in [1.807, 2.05) is 0 Å². The Morgan fingerprint density at radius 2 is 1.67 bits per heavy atom. The molecule has 1 unspecified atom stereocenters. The van der Waals surface area contributed by atoms with Crippen LogP contribution < -0.4 is 5.32 Å². The molecular formula is C14H31N3O. The quantitative estimate of drug-likeness (QED) is 0.657. The van der Waals surface area contributed by atoms with Gasteiger partial charge < -0.3 is 10.1 Å². The molecule has 0 aromatic carbocycles. The molecule has 1 aliphatic heterocycles. The van der Waals surface area contributed by atoms with E-state index in [0.29, 0.717) is 12.1 Å². The maximum atomic E-state index is 5.04. The smallest absolute Gasteiger partial charge is 0.0474 e. The molecule has 1 N–H and O–H groups in total. The Kier molecular flexibility index (Phi) is 7.82. The topological polar surface area (TPSA) is 27.7 Å². The van der Waals surface area contributed by atoms with Gasteiger partial charge in [0.1, 0.15) is 0 Å². The number of nitrogens with one attached hydrogen (secondary N) is 1. The van der Waals surface area contributed by atoms with Crippen molar-refractivity contribution in [3.05, 3.63) is 0 Å². The van der Waals surface area contributed by atoms with Crippen molar-refractivity contribution < 1.29 is 4.74 Å². The van der Waals surface area contributed by atoms with Gasteiger partial charge in [0.15, 0.2) is 0 Å². The van der Waals surface area contributed by atoms with Gasteiger partial charge in [0, 0.05) is 58.5 Å². The Balaban J connectivity index is 2.10. The Labute approximate surface area is 113 Å². The van der Waals surface area contributed by atoms with E-state index in [4.69, 9.17) is 4.74 Å². The van der Waals surface area contributed by atoms with Crippen LogP contribution >= 0.6 is 0 Å². The molecule has 0 aliphatic carbocycles. The number of hydrogen-bond donors (Lipinski definition) is 1. The lowest BCUT2D eigenvalue weighted by molar-refractivity contribution is 0.0829. The lowest BCUT2D eigenvalue weighted by Crippen LogP contribution is -2.53. The molecule has 0 aromatic rings. The summed E-state index contributed by atoms with van der Waals surface area (Å²) >= 11 is 0. The lowest BCUT2D eigenvalue weighted by Gasteiger charge is -2.39. The van der Waals surface area contributed by atoms with Gasteiger partial charge in [0.2, 0.25) is 0 Å². The van der Waals surface area contributed by atoms with Crippen molar-refractivity contribution in [2.24, 2.45) is 0 Å². The highest BCUT2D eigenvalue weighted by Crippen LogP contribution is 2.08. The molecule has 0 aromatic heterocycles. The maximum Gasteiger partial charge on any atom is 0.0474 e.